The number of carboxylic acid groups (broad SMARTS) is 2. The average molecular weight is 556 g/mol. The zero-order valence-electron chi connectivity index (χ0n) is 21.6. The van der Waals surface area contributed by atoms with Crippen molar-refractivity contribution in [3.8, 4) is 0 Å². The van der Waals surface area contributed by atoms with Gasteiger partial charge in [0.1, 0.15) is 18.1 Å². The van der Waals surface area contributed by atoms with E-state index in [1.54, 1.807) is 60.7 Å². The Hall–Kier alpha value is -4.78. The SMILES string of the molecule is NC(=O)CCC(N)C(=O)NC(CC(=O)O)C(=O)NC(Cc1ccccc1)C(=O)NC(Cc1ccccc1)C(=O)O. The lowest BCUT2D eigenvalue weighted by atomic mass is 10.0. The molecule has 214 valence electrons. The Kier molecular flexibility index (Phi) is 12.3. The number of hydrogen-bond acceptors (Lipinski definition) is 7. The molecule has 40 heavy (non-hydrogen) atoms. The molecular formula is C27H33N5O8. The summed E-state index contributed by atoms with van der Waals surface area (Å²) < 4.78 is 0. The molecule has 0 fully saturated rings. The molecule has 0 saturated carbocycles. The van der Waals surface area contributed by atoms with E-state index in [0.717, 1.165) is 0 Å². The molecule has 4 unspecified atom stereocenters. The number of carbonyl (C=O) groups excluding carboxylic acids is 4. The number of hydrogen-bond donors (Lipinski definition) is 7. The summed E-state index contributed by atoms with van der Waals surface area (Å²) in [4.78, 5) is 73.1. The molecule has 2 aromatic carbocycles. The van der Waals surface area contributed by atoms with Gasteiger partial charge in [0.05, 0.1) is 12.5 Å². The molecule has 0 heterocycles. The highest BCUT2D eigenvalue weighted by atomic mass is 16.4. The lowest BCUT2D eigenvalue weighted by Gasteiger charge is -2.25. The van der Waals surface area contributed by atoms with Crippen molar-refractivity contribution in [2.45, 2.75) is 56.3 Å². The topological polar surface area (TPSA) is 231 Å². The van der Waals surface area contributed by atoms with Crippen molar-refractivity contribution in [1.29, 1.82) is 0 Å². The van der Waals surface area contributed by atoms with Crippen LogP contribution >= 0.6 is 0 Å². The van der Waals surface area contributed by atoms with Gasteiger partial charge in [0, 0.05) is 19.3 Å². The Labute approximate surface area is 230 Å². The second-order valence-corrected chi connectivity index (χ2v) is 9.11. The minimum absolute atomic E-state index is 0.0190. The molecule has 13 nitrogen and oxygen atoms in total. The van der Waals surface area contributed by atoms with Gasteiger partial charge in [-0.15, -0.1) is 0 Å². The van der Waals surface area contributed by atoms with E-state index < -0.39 is 66.2 Å². The number of primary amides is 1. The lowest BCUT2D eigenvalue weighted by Crippen LogP contribution is -2.58. The van der Waals surface area contributed by atoms with Crippen molar-refractivity contribution >= 4 is 35.6 Å². The van der Waals surface area contributed by atoms with Gasteiger partial charge in [-0.3, -0.25) is 24.0 Å². The summed E-state index contributed by atoms with van der Waals surface area (Å²) in [5.74, 6) is -6.10. The summed E-state index contributed by atoms with van der Waals surface area (Å²) in [5.41, 5.74) is 12.1. The summed E-state index contributed by atoms with van der Waals surface area (Å²) in [5, 5.41) is 26.1. The molecule has 0 radical (unpaired) electrons. The number of carboxylic acids is 2. The molecule has 13 heteroatoms. The normalized spacial score (nSPS) is 13.6. The fourth-order valence-corrected chi connectivity index (χ4v) is 3.75. The number of rotatable bonds is 16. The summed E-state index contributed by atoms with van der Waals surface area (Å²) in [7, 11) is 0. The molecule has 4 amide bonds. The second kappa shape index (κ2) is 15.6. The van der Waals surface area contributed by atoms with Crippen molar-refractivity contribution < 1.29 is 39.0 Å². The second-order valence-electron chi connectivity index (χ2n) is 9.11. The van der Waals surface area contributed by atoms with Gasteiger partial charge in [0.2, 0.25) is 23.6 Å². The minimum Gasteiger partial charge on any atom is -0.481 e. The van der Waals surface area contributed by atoms with E-state index >= 15 is 0 Å². The molecule has 0 bridgehead atoms. The average Bonchev–Trinajstić information content (AvgIpc) is 2.91. The zero-order chi connectivity index (χ0) is 29.7. The number of benzene rings is 2. The van der Waals surface area contributed by atoms with Gasteiger partial charge < -0.3 is 37.6 Å². The number of nitrogens with one attached hydrogen (secondary N) is 3. The van der Waals surface area contributed by atoms with E-state index in [4.69, 9.17) is 11.5 Å². The first-order valence-corrected chi connectivity index (χ1v) is 12.4. The Morgan fingerprint density at radius 3 is 1.60 bits per heavy atom. The van der Waals surface area contributed by atoms with Gasteiger partial charge in [-0.25, -0.2) is 4.79 Å². The maximum Gasteiger partial charge on any atom is 0.326 e. The molecule has 2 aromatic rings. The van der Waals surface area contributed by atoms with Crippen LogP contribution in [0, 0.1) is 0 Å². The maximum atomic E-state index is 13.3. The van der Waals surface area contributed by atoms with Crippen molar-refractivity contribution in [3.05, 3.63) is 71.8 Å². The first-order valence-electron chi connectivity index (χ1n) is 12.4. The minimum atomic E-state index is -1.62. The fourth-order valence-electron chi connectivity index (χ4n) is 3.75. The molecule has 0 aliphatic heterocycles. The van der Waals surface area contributed by atoms with Crippen LogP contribution in [0.1, 0.15) is 30.4 Å². The van der Waals surface area contributed by atoms with E-state index in [-0.39, 0.29) is 25.7 Å². The van der Waals surface area contributed by atoms with Crippen molar-refractivity contribution in [2.75, 3.05) is 0 Å². The first-order chi connectivity index (χ1) is 19.0. The summed E-state index contributed by atoms with van der Waals surface area (Å²) >= 11 is 0. The maximum absolute atomic E-state index is 13.3. The van der Waals surface area contributed by atoms with Crippen LogP contribution in [0.5, 0.6) is 0 Å². The van der Waals surface area contributed by atoms with Gasteiger partial charge in [0.25, 0.3) is 0 Å². The lowest BCUT2D eigenvalue weighted by molar-refractivity contribution is -0.143. The van der Waals surface area contributed by atoms with Crippen molar-refractivity contribution in [2.24, 2.45) is 11.5 Å². The van der Waals surface area contributed by atoms with Gasteiger partial charge in [-0.2, -0.15) is 0 Å². The number of amides is 4. The predicted molar refractivity (Wildman–Crippen MR) is 142 cm³/mol. The van der Waals surface area contributed by atoms with E-state index in [2.05, 4.69) is 16.0 Å². The molecule has 0 spiro atoms. The van der Waals surface area contributed by atoms with Crippen LogP contribution in [0.25, 0.3) is 0 Å². The number of nitrogens with two attached hydrogens (primary N) is 2. The van der Waals surface area contributed by atoms with Crippen LogP contribution in [0.2, 0.25) is 0 Å². The van der Waals surface area contributed by atoms with Crippen LogP contribution in [-0.2, 0) is 41.6 Å². The van der Waals surface area contributed by atoms with E-state index in [0.29, 0.717) is 11.1 Å². The first kappa shape index (κ1) is 31.4. The van der Waals surface area contributed by atoms with Crippen LogP contribution in [0.4, 0.5) is 0 Å². The third-order valence-corrected chi connectivity index (χ3v) is 5.86. The highest BCUT2D eigenvalue weighted by Gasteiger charge is 2.31. The summed E-state index contributed by atoms with van der Waals surface area (Å²) in [6.45, 7) is 0. The molecule has 9 N–H and O–H groups in total. The third kappa shape index (κ3) is 10.9. The van der Waals surface area contributed by atoms with Crippen molar-refractivity contribution in [1.82, 2.24) is 16.0 Å². The van der Waals surface area contributed by atoms with Gasteiger partial charge >= 0.3 is 11.9 Å². The van der Waals surface area contributed by atoms with Crippen molar-refractivity contribution in [3.63, 3.8) is 0 Å². The highest BCUT2D eigenvalue weighted by molar-refractivity contribution is 5.95. The van der Waals surface area contributed by atoms with Crippen LogP contribution < -0.4 is 27.4 Å². The Bertz CT molecular complexity index is 1190. The van der Waals surface area contributed by atoms with E-state index in [1.165, 1.54) is 0 Å². The third-order valence-electron chi connectivity index (χ3n) is 5.86. The van der Waals surface area contributed by atoms with Gasteiger partial charge in [-0.05, 0) is 17.5 Å². The summed E-state index contributed by atoms with van der Waals surface area (Å²) in [6.07, 6.45) is -1.22. The Morgan fingerprint density at radius 2 is 1.12 bits per heavy atom. The number of carbonyl (C=O) groups is 6. The zero-order valence-corrected chi connectivity index (χ0v) is 21.6. The smallest absolute Gasteiger partial charge is 0.326 e. The molecule has 2 rings (SSSR count). The molecular weight excluding hydrogens is 522 g/mol. The standard InChI is InChI=1S/C27H33N5O8/c28-18(11-12-22(29)33)24(36)30-20(15-23(34)35)26(38)31-19(13-16-7-3-1-4-8-16)25(37)32-21(27(39)40)14-17-9-5-2-6-10-17/h1-10,18-21H,11-15,28H2,(H2,29,33)(H,30,36)(H,31,38)(H,32,37)(H,34,35)(H,39,40). The molecule has 0 aromatic heterocycles. The molecule has 4 atom stereocenters. The molecule has 0 aliphatic rings. The van der Waals surface area contributed by atoms with E-state index in [9.17, 15) is 39.0 Å². The predicted octanol–water partition coefficient (Wildman–Crippen LogP) is -0.922. The van der Waals surface area contributed by atoms with Crippen LogP contribution in [0.3, 0.4) is 0 Å². The summed E-state index contributed by atoms with van der Waals surface area (Å²) in [6, 6.07) is 11.7. The van der Waals surface area contributed by atoms with Gasteiger partial charge in [-0.1, -0.05) is 60.7 Å². The molecule has 0 aliphatic carbocycles. The van der Waals surface area contributed by atoms with Crippen LogP contribution in [-0.4, -0.2) is 69.9 Å². The van der Waals surface area contributed by atoms with Gasteiger partial charge in [0.15, 0.2) is 0 Å². The molecule has 0 saturated heterocycles. The quantitative estimate of drug-likeness (QED) is 0.135. The fraction of sp³-hybridized carbons (Fsp3) is 0.333. The Balaban J connectivity index is 2.23. The highest BCUT2D eigenvalue weighted by Crippen LogP contribution is 2.08. The largest absolute Gasteiger partial charge is 0.481 e. The van der Waals surface area contributed by atoms with E-state index in [1.807, 2.05) is 0 Å². The van der Waals surface area contributed by atoms with Crippen LogP contribution in [0.15, 0.2) is 60.7 Å². The Morgan fingerprint density at radius 1 is 0.675 bits per heavy atom. The number of aliphatic carboxylic acids is 2. The monoisotopic (exact) mass is 555 g/mol.